The Morgan fingerprint density at radius 2 is 1.67 bits per heavy atom. The van der Waals surface area contributed by atoms with Crippen molar-refractivity contribution in [3.8, 4) is 0 Å². The van der Waals surface area contributed by atoms with Crippen LogP contribution in [0.1, 0.15) is 21.6 Å². The molecule has 0 radical (unpaired) electrons. The Labute approximate surface area is 139 Å². The quantitative estimate of drug-likeness (QED) is 0.748. The number of fused-ring (bicyclic) bond motifs is 1. The van der Waals surface area contributed by atoms with Gasteiger partial charge in [0.25, 0.3) is 0 Å². The summed E-state index contributed by atoms with van der Waals surface area (Å²) in [5.74, 6) is -0.411. The summed E-state index contributed by atoms with van der Waals surface area (Å²) in [5.41, 5.74) is 3.16. The number of carbonyl (C=O) groups excluding carboxylic acids is 1. The lowest BCUT2D eigenvalue weighted by Crippen LogP contribution is -2.02. The molecule has 0 fully saturated rings. The first kappa shape index (κ1) is 16.5. The van der Waals surface area contributed by atoms with Gasteiger partial charge in [0.15, 0.2) is 0 Å². The number of halogens is 2. The molecule has 0 saturated heterocycles. The average Bonchev–Trinajstić information content (AvgIpc) is 2.93. The highest BCUT2D eigenvalue weighted by molar-refractivity contribution is 9.11. The summed E-state index contributed by atoms with van der Waals surface area (Å²) in [5, 5.41) is 0.883. The third kappa shape index (κ3) is 3.01. The molecule has 2 rings (SSSR count). The van der Waals surface area contributed by atoms with E-state index in [-0.39, 0.29) is 0 Å². The second-order valence-electron chi connectivity index (χ2n) is 4.41. The molecular formula is C14H15Br2NO4. The number of ether oxygens (including phenoxy) is 3. The highest BCUT2D eigenvalue weighted by Gasteiger charge is 2.20. The first-order chi connectivity index (χ1) is 10.0. The van der Waals surface area contributed by atoms with Crippen molar-refractivity contribution in [2.45, 2.75) is 13.2 Å². The summed E-state index contributed by atoms with van der Waals surface area (Å²) < 4.78 is 17.0. The van der Waals surface area contributed by atoms with E-state index in [4.69, 9.17) is 14.2 Å². The standard InChI is InChI=1S/C14H15Br2NO4/c1-19-5-8-9(6-20-2)12(16)13-7(11(8)15)4-10(17-13)14(18)21-3/h4,17H,5-6H2,1-3H3. The van der Waals surface area contributed by atoms with E-state index in [9.17, 15) is 4.79 Å². The number of methoxy groups -OCH3 is 3. The first-order valence-corrected chi connectivity index (χ1v) is 7.71. The van der Waals surface area contributed by atoms with Crippen LogP contribution in [0.15, 0.2) is 15.0 Å². The molecule has 1 heterocycles. The van der Waals surface area contributed by atoms with Gasteiger partial charge >= 0.3 is 5.97 Å². The van der Waals surface area contributed by atoms with Gasteiger partial charge in [0.1, 0.15) is 5.69 Å². The van der Waals surface area contributed by atoms with Crippen LogP contribution in [0.2, 0.25) is 0 Å². The van der Waals surface area contributed by atoms with Gasteiger partial charge in [-0.3, -0.25) is 0 Å². The molecule has 0 saturated carbocycles. The van der Waals surface area contributed by atoms with Gasteiger partial charge in [-0.05, 0) is 43.5 Å². The van der Waals surface area contributed by atoms with Gasteiger partial charge in [-0.25, -0.2) is 4.79 Å². The number of aromatic amines is 1. The van der Waals surface area contributed by atoms with Crippen LogP contribution in [0.3, 0.4) is 0 Å². The van der Waals surface area contributed by atoms with Gasteiger partial charge in [0.05, 0.1) is 25.8 Å². The minimum Gasteiger partial charge on any atom is -0.464 e. The van der Waals surface area contributed by atoms with E-state index in [1.54, 1.807) is 20.3 Å². The van der Waals surface area contributed by atoms with Crippen LogP contribution in [0.4, 0.5) is 0 Å². The number of hydrogen-bond donors (Lipinski definition) is 1. The smallest absolute Gasteiger partial charge is 0.354 e. The molecule has 0 spiro atoms. The fraction of sp³-hybridized carbons (Fsp3) is 0.357. The maximum Gasteiger partial charge on any atom is 0.354 e. The van der Waals surface area contributed by atoms with E-state index in [0.29, 0.717) is 18.9 Å². The van der Waals surface area contributed by atoms with E-state index in [1.807, 2.05) is 0 Å². The van der Waals surface area contributed by atoms with Crippen molar-refractivity contribution < 1.29 is 19.0 Å². The number of nitrogens with one attached hydrogen (secondary N) is 1. The van der Waals surface area contributed by atoms with E-state index >= 15 is 0 Å². The molecule has 0 bridgehead atoms. The van der Waals surface area contributed by atoms with Gasteiger partial charge in [-0.2, -0.15) is 0 Å². The van der Waals surface area contributed by atoms with Crippen LogP contribution in [-0.4, -0.2) is 32.3 Å². The lowest BCUT2D eigenvalue weighted by Gasteiger charge is -2.14. The van der Waals surface area contributed by atoms with Gasteiger partial charge in [0.2, 0.25) is 0 Å². The summed E-state index contributed by atoms with van der Waals surface area (Å²) in [7, 11) is 4.62. The number of rotatable bonds is 5. The Morgan fingerprint density at radius 3 is 2.19 bits per heavy atom. The van der Waals surface area contributed by atoms with E-state index in [2.05, 4.69) is 36.8 Å². The zero-order valence-corrected chi connectivity index (χ0v) is 15.1. The maximum absolute atomic E-state index is 11.7. The van der Waals surface area contributed by atoms with Crippen LogP contribution in [0, 0.1) is 0 Å². The number of esters is 1. The number of aromatic nitrogens is 1. The highest BCUT2D eigenvalue weighted by atomic mass is 79.9. The molecule has 0 unspecified atom stereocenters. The van der Waals surface area contributed by atoms with Gasteiger partial charge in [0, 0.05) is 34.1 Å². The van der Waals surface area contributed by atoms with Crippen LogP contribution >= 0.6 is 31.9 Å². The summed E-state index contributed by atoms with van der Waals surface area (Å²) in [6.07, 6.45) is 0. The molecule has 21 heavy (non-hydrogen) atoms. The Hall–Kier alpha value is -0.890. The highest BCUT2D eigenvalue weighted by Crippen LogP contribution is 2.38. The fourth-order valence-corrected chi connectivity index (χ4v) is 3.52. The normalized spacial score (nSPS) is 11.1. The summed E-state index contributed by atoms with van der Waals surface area (Å²) >= 11 is 7.18. The minimum atomic E-state index is -0.411. The molecular weight excluding hydrogens is 406 g/mol. The number of benzene rings is 1. The van der Waals surface area contributed by atoms with Crippen molar-refractivity contribution in [1.29, 1.82) is 0 Å². The van der Waals surface area contributed by atoms with E-state index in [1.165, 1.54) is 7.11 Å². The third-order valence-electron chi connectivity index (χ3n) is 3.15. The van der Waals surface area contributed by atoms with Crippen molar-refractivity contribution in [2.75, 3.05) is 21.3 Å². The maximum atomic E-state index is 11.7. The predicted molar refractivity (Wildman–Crippen MR) is 86.5 cm³/mol. The SMILES string of the molecule is COCc1c(COC)c(Br)c2[nH]c(C(=O)OC)cc2c1Br. The van der Waals surface area contributed by atoms with Crippen LogP contribution in [-0.2, 0) is 27.4 Å². The lowest BCUT2D eigenvalue weighted by molar-refractivity contribution is 0.0595. The topological polar surface area (TPSA) is 60.5 Å². The monoisotopic (exact) mass is 419 g/mol. The largest absolute Gasteiger partial charge is 0.464 e. The molecule has 114 valence electrons. The van der Waals surface area contributed by atoms with Crippen molar-refractivity contribution in [1.82, 2.24) is 4.98 Å². The third-order valence-corrected chi connectivity index (χ3v) is 4.93. The van der Waals surface area contributed by atoms with Crippen molar-refractivity contribution >= 4 is 48.7 Å². The van der Waals surface area contributed by atoms with E-state index < -0.39 is 5.97 Å². The molecule has 7 heteroatoms. The molecule has 1 aromatic carbocycles. The Bertz CT molecular complexity index is 632. The first-order valence-electron chi connectivity index (χ1n) is 6.12. The second kappa shape index (κ2) is 6.91. The Kier molecular flexibility index (Phi) is 5.43. The molecule has 2 aromatic rings. The summed E-state index contributed by atoms with van der Waals surface area (Å²) in [4.78, 5) is 14.8. The van der Waals surface area contributed by atoms with Crippen LogP contribution in [0.25, 0.3) is 10.9 Å². The zero-order valence-electron chi connectivity index (χ0n) is 11.9. The molecule has 0 atom stereocenters. The molecule has 1 aromatic heterocycles. The Balaban J connectivity index is 2.74. The van der Waals surface area contributed by atoms with Gasteiger partial charge in [-0.15, -0.1) is 0 Å². The molecule has 0 amide bonds. The summed E-state index contributed by atoms with van der Waals surface area (Å²) in [6, 6.07) is 1.76. The number of carbonyl (C=O) groups is 1. The molecule has 0 aliphatic rings. The van der Waals surface area contributed by atoms with Crippen molar-refractivity contribution in [2.24, 2.45) is 0 Å². The number of H-pyrrole nitrogens is 1. The average molecular weight is 421 g/mol. The summed E-state index contributed by atoms with van der Waals surface area (Å²) in [6.45, 7) is 0.868. The second-order valence-corrected chi connectivity index (χ2v) is 6.00. The van der Waals surface area contributed by atoms with Gasteiger partial charge in [-0.1, -0.05) is 0 Å². The van der Waals surface area contributed by atoms with Crippen molar-refractivity contribution in [3.63, 3.8) is 0 Å². The zero-order chi connectivity index (χ0) is 15.6. The van der Waals surface area contributed by atoms with E-state index in [0.717, 1.165) is 31.0 Å². The molecule has 5 nitrogen and oxygen atoms in total. The predicted octanol–water partition coefficient (Wildman–Crippen LogP) is 3.77. The van der Waals surface area contributed by atoms with Crippen molar-refractivity contribution in [3.05, 3.63) is 31.8 Å². The van der Waals surface area contributed by atoms with Crippen LogP contribution < -0.4 is 0 Å². The lowest BCUT2D eigenvalue weighted by atomic mass is 10.1. The minimum absolute atomic E-state index is 0.395. The molecule has 0 aliphatic carbocycles. The number of hydrogen-bond acceptors (Lipinski definition) is 4. The fourth-order valence-electron chi connectivity index (χ4n) is 2.19. The molecule has 1 N–H and O–H groups in total. The molecule has 0 aliphatic heterocycles. The Morgan fingerprint density at radius 1 is 1.10 bits per heavy atom. The van der Waals surface area contributed by atoms with Crippen LogP contribution in [0.5, 0.6) is 0 Å². The van der Waals surface area contributed by atoms with Gasteiger partial charge < -0.3 is 19.2 Å².